The zero-order chi connectivity index (χ0) is 28.0. The fourth-order valence-electron chi connectivity index (χ4n) is 6.38. The molecule has 2 amide bonds. The van der Waals surface area contributed by atoms with Gasteiger partial charge in [-0.25, -0.2) is 0 Å². The quantitative estimate of drug-likeness (QED) is 0.274. The van der Waals surface area contributed by atoms with Gasteiger partial charge in [0.25, 0.3) is 5.91 Å². The number of carbonyl (C=O) groups excluding carboxylic acids is 2. The number of likely N-dealkylation sites (tertiary alicyclic amines) is 1. The number of hydrogen-bond donors (Lipinski definition) is 1. The Morgan fingerprint density at radius 3 is 1.85 bits per heavy atom. The van der Waals surface area contributed by atoms with E-state index in [0.29, 0.717) is 18.0 Å². The van der Waals surface area contributed by atoms with Crippen molar-refractivity contribution in [1.29, 1.82) is 0 Å². The molecule has 0 radical (unpaired) electrons. The van der Waals surface area contributed by atoms with E-state index in [2.05, 4.69) is 70.9 Å². The number of carbonyl (C=O) groups is 2. The smallest absolute Gasteiger partial charge is 0.255 e. The van der Waals surface area contributed by atoms with E-state index in [4.69, 9.17) is 0 Å². The predicted octanol–water partition coefficient (Wildman–Crippen LogP) is 6.19. The van der Waals surface area contributed by atoms with Gasteiger partial charge < -0.3 is 15.1 Å². The highest BCUT2D eigenvalue weighted by molar-refractivity contribution is 6.01. The number of nitrogens with zero attached hydrogens (tertiary/aromatic N) is 2. The SMILES string of the molecule is O=C(NC1CCN(CCC(c2ccccc2)c2ccccc2)CC1)C(c1ccccc1)N1Cc2ccccc2C1=O. The number of rotatable bonds is 9. The molecule has 2 aliphatic heterocycles. The highest BCUT2D eigenvalue weighted by Crippen LogP contribution is 2.32. The zero-order valence-electron chi connectivity index (χ0n) is 23.4. The van der Waals surface area contributed by atoms with E-state index >= 15 is 0 Å². The van der Waals surface area contributed by atoms with Crippen LogP contribution in [0.4, 0.5) is 0 Å². The molecule has 1 saturated heterocycles. The van der Waals surface area contributed by atoms with E-state index in [-0.39, 0.29) is 17.9 Å². The van der Waals surface area contributed by atoms with Crippen LogP contribution < -0.4 is 5.32 Å². The van der Waals surface area contributed by atoms with Crippen LogP contribution in [-0.2, 0) is 11.3 Å². The van der Waals surface area contributed by atoms with Gasteiger partial charge in [-0.2, -0.15) is 0 Å². The summed E-state index contributed by atoms with van der Waals surface area (Å²) in [6.45, 7) is 3.36. The number of fused-ring (bicyclic) bond motifs is 1. The lowest BCUT2D eigenvalue weighted by Gasteiger charge is -2.35. The average Bonchev–Trinajstić information content (AvgIpc) is 3.35. The lowest BCUT2D eigenvalue weighted by atomic mass is 9.88. The number of piperidine rings is 1. The number of nitrogens with one attached hydrogen (secondary N) is 1. The van der Waals surface area contributed by atoms with Crippen LogP contribution in [-0.4, -0.2) is 47.3 Å². The van der Waals surface area contributed by atoms with E-state index in [9.17, 15) is 9.59 Å². The van der Waals surface area contributed by atoms with Crippen LogP contribution in [0.3, 0.4) is 0 Å². The van der Waals surface area contributed by atoms with Crippen molar-refractivity contribution in [1.82, 2.24) is 15.1 Å². The Bertz CT molecular complexity index is 1410. The van der Waals surface area contributed by atoms with Gasteiger partial charge in [-0.3, -0.25) is 9.59 Å². The van der Waals surface area contributed by atoms with Crippen LogP contribution in [0.15, 0.2) is 115 Å². The third kappa shape index (κ3) is 6.10. The largest absolute Gasteiger partial charge is 0.351 e. The van der Waals surface area contributed by atoms with E-state index < -0.39 is 6.04 Å². The predicted molar refractivity (Wildman–Crippen MR) is 162 cm³/mol. The summed E-state index contributed by atoms with van der Waals surface area (Å²) < 4.78 is 0. The van der Waals surface area contributed by atoms with Gasteiger partial charge in [0.1, 0.15) is 6.04 Å². The van der Waals surface area contributed by atoms with Crippen molar-refractivity contribution in [3.05, 3.63) is 143 Å². The minimum atomic E-state index is -0.647. The fraction of sp³-hybridized carbons (Fsp3) is 0.278. The Hall–Kier alpha value is -4.22. The van der Waals surface area contributed by atoms with Crippen LogP contribution in [0.25, 0.3) is 0 Å². The van der Waals surface area contributed by atoms with Crippen LogP contribution in [0.1, 0.15) is 63.8 Å². The molecule has 2 aliphatic rings. The number of benzene rings is 4. The molecule has 1 atom stereocenters. The Balaban J connectivity index is 1.08. The van der Waals surface area contributed by atoms with Crippen LogP contribution in [0.2, 0.25) is 0 Å². The maximum Gasteiger partial charge on any atom is 0.255 e. The topological polar surface area (TPSA) is 52.7 Å². The Kier molecular flexibility index (Phi) is 8.24. The minimum Gasteiger partial charge on any atom is -0.351 e. The Morgan fingerprint density at radius 1 is 0.732 bits per heavy atom. The third-order valence-electron chi connectivity index (χ3n) is 8.60. The molecule has 2 heterocycles. The van der Waals surface area contributed by atoms with E-state index in [1.807, 2.05) is 54.6 Å². The summed E-state index contributed by atoms with van der Waals surface area (Å²) in [5.41, 5.74) is 5.22. The van der Waals surface area contributed by atoms with Crippen LogP contribution in [0.5, 0.6) is 0 Å². The van der Waals surface area contributed by atoms with E-state index in [0.717, 1.165) is 50.0 Å². The number of hydrogen-bond acceptors (Lipinski definition) is 3. The Morgan fingerprint density at radius 2 is 1.27 bits per heavy atom. The summed E-state index contributed by atoms with van der Waals surface area (Å²) in [6.07, 6.45) is 2.87. The molecule has 4 aromatic carbocycles. The molecule has 41 heavy (non-hydrogen) atoms. The highest BCUT2D eigenvalue weighted by atomic mass is 16.2. The minimum absolute atomic E-state index is 0.0780. The van der Waals surface area contributed by atoms with Crippen molar-refractivity contribution in [2.75, 3.05) is 19.6 Å². The van der Waals surface area contributed by atoms with Crippen molar-refractivity contribution in [2.24, 2.45) is 0 Å². The maximum absolute atomic E-state index is 13.8. The molecule has 5 nitrogen and oxygen atoms in total. The normalized spacial score (nSPS) is 16.5. The van der Waals surface area contributed by atoms with E-state index in [1.165, 1.54) is 11.1 Å². The first-order valence-corrected chi connectivity index (χ1v) is 14.7. The first-order chi connectivity index (χ1) is 20.2. The second kappa shape index (κ2) is 12.5. The summed E-state index contributed by atoms with van der Waals surface area (Å²) >= 11 is 0. The third-order valence-corrected chi connectivity index (χ3v) is 8.60. The van der Waals surface area contributed by atoms with Gasteiger partial charge in [-0.1, -0.05) is 109 Å². The maximum atomic E-state index is 13.8. The Labute approximate surface area is 242 Å². The van der Waals surface area contributed by atoms with Gasteiger partial charge in [0, 0.05) is 37.2 Å². The van der Waals surface area contributed by atoms with Gasteiger partial charge >= 0.3 is 0 Å². The zero-order valence-corrected chi connectivity index (χ0v) is 23.4. The molecule has 1 fully saturated rings. The van der Waals surface area contributed by atoms with E-state index in [1.54, 1.807) is 4.90 Å². The summed E-state index contributed by atoms with van der Waals surface area (Å²) in [5, 5.41) is 3.32. The first kappa shape index (κ1) is 27.0. The molecule has 208 valence electrons. The van der Waals surface area contributed by atoms with Crippen LogP contribution >= 0.6 is 0 Å². The van der Waals surface area contributed by atoms with Gasteiger partial charge in [0.05, 0.1) is 0 Å². The summed E-state index contributed by atoms with van der Waals surface area (Å²) in [6, 6.07) is 38.4. The number of amides is 2. The summed E-state index contributed by atoms with van der Waals surface area (Å²) in [7, 11) is 0. The van der Waals surface area contributed by atoms with Crippen molar-refractivity contribution in [3.8, 4) is 0 Å². The van der Waals surface area contributed by atoms with Crippen molar-refractivity contribution >= 4 is 11.8 Å². The fourth-order valence-corrected chi connectivity index (χ4v) is 6.38. The standard InChI is InChI=1S/C36H37N3O2/c40-35(34(29-16-8-3-9-17-29)39-26-30-18-10-11-19-33(30)36(39)41)37-31-20-23-38(24-21-31)25-22-32(27-12-4-1-5-13-27)28-14-6-2-7-15-28/h1-19,31-32,34H,20-26H2,(H,37,40). The van der Waals surface area contributed by atoms with Crippen molar-refractivity contribution in [2.45, 2.75) is 43.8 Å². The van der Waals surface area contributed by atoms with Gasteiger partial charge in [-0.05, 0) is 54.1 Å². The highest BCUT2D eigenvalue weighted by Gasteiger charge is 2.38. The van der Waals surface area contributed by atoms with Crippen molar-refractivity contribution in [3.63, 3.8) is 0 Å². The molecule has 0 spiro atoms. The first-order valence-electron chi connectivity index (χ1n) is 14.7. The van der Waals surface area contributed by atoms with Crippen molar-refractivity contribution < 1.29 is 9.59 Å². The lowest BCUT2D eigenvalue weighted by Crippen LogP contribution is -2.49. The molecule has 4 aromatic rings. The molecule has 5 heteroatoms. The second-order valence-corrected chi connectivity index (χ2v) is 11.2. The molecule has 6 rings (SSSR count). The summed E-state index contributed by atoms with van der Waals surface area (Å²) in [4.78, 5) is 31.4. The van der Waals surface area contributed by atoms with Gasteiger partial charge in [-0.15, -0.1) is 0 Å². The second-order valence-electron chi connectivity index (χ2n) is 11.2. The average molecular weight is 544 g/mol. The molecular formula is C36H37N3O2. The van der Waals surface area contributed by atoms with Crippen LogP contribution in [0, 0.1) is 0 Å². The van der Waals surface area contributed by atoms with Gasteiger partial charge in [0.15, 0.2) is 0 Å². The molecule has 0 saturated carbocycles. The molecule has 1 N–H and O–H groups in total. The molecule has 0 bridgehead atoms. The summed E-state index contributed by atoms with van der Waals surface area (Å²) in [5.74, 6) is 0.193. The monoisotopic (exact) mass is 543 g/mol. The molecule has 1 unspecified atom stereocenters. The van der Waals surface area contributed by atoms with Gasteiger partial charge in [0.2, 0.25) is 5.91 Å². The molecular weight excluding hydrogens is 506 g/mol. The molecule has 0 aromatic heterocycles. The lowest BCUT2D eigenvalue weighted by molar-refractivity contribution is -0.127. The molecule has 0 aliphatic carbocycles.